The van der Waals surface area contributed by atoms with Crippen LogP contribution in [0.15, 0.2) is 30.3 Å². The molecule has 2 aromatic rings. The summed E-state index contributed by atoms with van der Waals surface area (Å²) in [7, 11) is 0. The van der Waals surface area contributed by atoms with E-state index in [0.717, 1.165) is 17.2 Å². The molecule has 0 spiro atoms. The van der Waals surface area contributed by atoms with Gasteiger partial charge < -0.3 is 15.7 Å². The van der Waals surface area contributed by atoms with Crippen molar-refractivity contribution < 1.29 is 23.9 Å². The number of anilines is 1. The average Bonchev–Trinajstić information content (AvgIpc) is 2.57. The first-order valence-corrected chi connectivity index (χ1v) is 8.48. The third kappa shape index (κ3) is 3.97. The van der Waals surface area contributed by atoms with Crippen molar-refractivity contribution in [2.45, 2.75) is 32.7 Å². The van der Waals surface area contributed by atoms with Gasteiger partial charge in [0.2, 0.25) is 5.91 Å². The van der Waals surface area contributed by atoms with Gasteiger partial charge in [0.1, 0.15) is 5.82 Å². The molecule has 3 rings (SSSR count). The van der Waals surface area contributed by atoms with Gasteiger partial charge in [-0.1, -0.05) is 29.3 Å². The van der Waals surface area contributed by atoms with E-state index in [-0.39, 0.29) is 17.9 Å². The first-order chi connectivity index (χ1) is 12.7. The lowest BCUT2D eigenvalue weighted by atomic mass is 9.98. The van der Waals surface area contributed by atoms with Crippen LogP contribution < -0.4 is 10.6 Å². The minimum atomic E-state index is -1.30. The Labute approximate surface area is 155 Å². The molecule has 140 valence electrons. The molecule has 3 N–H and O–H groups in total. The number of rotatable bonds is 4. The molecule has 1 aliphatic rings. The molecule has 0 bridgehead atoms. The smallest absolute Gasteiger partial charge is 0.330 e. The lowest BCUT2D eigenvalue weighted by Crippen LogP contribution is -2.34. The van der Waals surface area contributed by atoms with Crippen LogP contribution in [0.25, 0.3) is 0 Å². The standard InChI is InChI=1S/C20H19FN2O4/c1-10-5-11(2)7-13(6-10)18(20(26)27)23-19(25)14-8-12-3-4-17(24)22-16(12)9-15(14)21/h5-9,18H,3-4H2,1-2H3,(H,22,24)(H,23,25)(H,26,27). The van der Waals surface area contributed by atoms with E-state index in [2.05, 4.69) is 10.6 Å². The zero-order valence-electron chi connectivity index (χ0n) is 14.9. The molecule has 0 fully saturated rings. The molecule has 1 aliphatic heterocycles. The highest BCUT2D eigenvalue weighted by atomic mass is 19.1. The van der Waals surface area contributed by atoms with E-state index in [1.165, 1.54) is 6.07 Å². The number of carboxylic acid groups (broad SMARTS) is 1. The second-order valence-electron chi connectivity index (χ2n) is 6.70. The Morgan fingerprint density at radius 1 is 1.11 bits per heavy atom. The van der Waals surface area contributed by atoms with E-state index >= 15 is 0 Å². The fourth-order valence-electron chi connectivity index (χ4n) is 3.25. The van der Waals surface area contributed by atoms with Crippen LogP contribution in [-0.2, 0) is 16.0 Å². The van der Waals surface area contributed by atoms with Crippen LogP contribution >= 0.6 is 0 Å². The van der Waals surface area contributed by atoms with Gasteiger partial charge in [-0.15, -0.1) is 0 Å². The maximum Gasteiger partial charge on any atom is 0.330 e. The summed E-state index contributed by atoms with van der Waals surface area (Å²) in [5.41, 5.74) is 2.87. The van der Waals surface area contributed by atoms with Crippen molar-refractivity contribution in [3.05, 3.63) is 64.0 Å². The van der Waals surface area contributed by atoms with E-state index in [9.17, 15) is 23.9 Å². The van der Waals surface area contributed by atoms with Crippen LogP contribution in [0.2, 0.25) is 0 Å². The average molecular weight is 370 g/mol. The second-order valence-corrected chi connectivity index (χ2v) is 6.70. The van der Waals surface area contributed by atoms with Gasteiger partial charge in [-0.25, -0.2) is 9.18 Å². The van der Waals surface area contributed by atoms with Crippen molar-refractivity contribution in [3.63, 3.8) is 0 Å². The van der Waals surface area contributed by atoms with Gasteiger partial charge >= 0.3 is 5.97 Å². The lowest BCUT2D eigenvalue weighted by Gasteiger charge is -2.20. The minimum Gasteiger partial charge on any atom is -0.479 e. The van der Waals surface area contributed by atoms with Crippen molar-refractivity contribution in [1.29, 1.82) is 0 Å². The predicted molar refractivity (Wildman–Crippen MR) is 97.1 cm³/mol. The van der Waals surface area contributed by atoms with E-state index < -0.39 is 23.7 Å². The van der Waals surface area contributed by atoms with Crippen LogP contribution in [0.1, 0.15) is 45.1 Å². The molecule has 1 atom stereocenters. The topological polar surface area (TPSA) is 95.5 Å². The number of aliphatic carboxylic acids is 1. The van der Waals surface area contributed by atoms with Gasteiger partial charge in [0, 0.05) is 12.1 Å². The molecule has 7 heteroatoms. The Morgan fingerprint density at radius 2 is 1.78 bits per heavy atom. The summed E-state index contributed by atoms with van der Waals surface area (Å²) in [6.45, 7) is 3.66. The maximum atomic E-state index is 14.4. The molecular weight excluding hydrogens is 351 g/mol. The van der Waals surface area contributed by atoms with Crippen molar-refractivity contribution in [2.24, 2.45) is 0 Å². The van der Waals surface area contributed by atoms with Gasteiger partial charge in [-0.2, -0.15) is 0 Å². The summed E-state index contributed by atoms with van der Waals surface area (Å²) in [5.74, 6) is -3.09. The Balaban J connectivity index is 1.90. The zero-order chi connectivity index (χ0) is 19.7. The molecule has 0 radical (unpaired) electrons. The van der Waals surface area contributed by atoms with E-state index in [4.69, 9.17) is 0 Å². The quantitative estimate of drug-likeness (QED) is 0.771. The van der Waals surface area contributed by atoms with Gasteiger partial charge in [-0.05, 0) is 43.5 Å². The summed E-state index contributed by atoms with van der Waals surface area (Å²) in [6, 6.07) is 6.39. The zero-order valence-corrected chi connectivity index (χ0v) is 14.9. The Hall–Kier alpha value is -3.22. The molecule has 1 heterocycles. The van der Waals surface area contributed by atoms with E-state index in [0.29, 0.717) is 23.2 Å². The van der Waals surface area contributed by atoms with Crippen molar-refractivity contribution in [2.75, 3.05) is 5.32 Å². The fraction of sp³-hybridized carbons (Fsp3) is 0.250. The number of carbonyl (C=O) groups is 3. The number of carbonyl (C=O) groups excluding carboxylic acids is 2. The highest BCUT2D eigenvalue weighted by molar-refractivity contribution is 5.99. The molecule has 2 aromatic carbocycles. The van der Waals surface area contributed by atoms with Crippen LogP contribution in [0.3, 0.4) is 0 Å². The number of benzene rings is 2. The molecule has 0 aromatic heterocycles. The Bertz CT molecular complexity index is 935. The first-order valence-electron chi connectivity index (χ1n) is 8.48. The number of aryl methyl sites for hydroxylation is 3. The number of amides is 2. The predicted octanol–water partition coefficient (Wildman–Crippen LogP) is 2.88. The number of nitrogens with one attached hydrogen (secondary N) is 2. The molecule has 6 nitrogen and oxygen atoms in total. The highest BCUT2D eigenvalue weighted by Gasteiger charge is 2.26. The van der Waals surface area contributed by atoms with Crippen LogP contribution in [-0.4, -0.2) is 22.9 Å². The second kappa shape index (κ2) is 7.19. The normalized spacial score (nSPS) is 14.1. The van der Waals surface area contributed by atoms with Crippen molar-refractivity contribution in [1.82, 2.24) is 5.32 Å². The first kappa shape index (κ1) is 18.6. The summed E-state index contributed by atoms with van der Waals surface area (Å²) in [5, 5.41) is 14.5. The number of hydrogen-bond donors (Lipinski definition) is 3. The SMILES string of the molecule is Cc1cc(C)cc(C(NC(=O)c2cc3c(cc2F)NC(=O)CC3)C(=O)O)c1. The number of carboxylic acids is 1. The lowest BCUT2D eigenvalue weighted by molar-refractivity contribution is -0.139. The van der Waals surface area contributed by atoms with E-state index in [1.807, 2.05) is 19.9 Å². The van der Waals surface area contributed by atoms with Crippen molar-refractivity contribution in [3.8, 4) is 0 Å². The van der Waals surface area contributed by atoms with Crippen LogP contribution in [0.4, 0.5) is 10.1 Å². The van der Waals surface area contributed by atoms with Crippen molar-refractivity contribution >= 4 is 23.5 Å². The summed E-state index contributed by atoms with van der Waals surface area (Å²) in [6.07, 6.45) is 0.640. The summed E-state index contributed by atoms with van der Waals surface area (Å²) >= 11 is 0. The highest BCUT2D eigenvalue weighted by Crippen LogP contribution is 2.26. The third-order valence-electron chi connectivity index (χ3n) is 4.43. The van der Waals surface area contributed by atoms with Crippen LogP contribution in [0, 0.1) is 19.7 Å². The summed E-state index contributed by atoms with van der Waals surface area (Å²) < 4.78 is 14.4. The van der Waals surface area contributed by atoms with Crippen LogP contribution in [0.5, 0.6) is 0 Å². The van der Waals surface area contributed by atoms with Gasteiger partial charge in [0.05, 0.1) is 5.56 Å². The monoisotopic (exact) mass is 370 g/mol. The molecule has 27 heavy (non-hydrogen) atoms. The molecular formula is C20H19FN2O4. The largest absolute Gasteiger partial charge is 0.479 e. The van der Waals surface area contributed by atoms with Gasteiger partial charge in [0.25, 0.3) is 5.91 Å². The fourth-order valence-corrected chi connectivity index (χ4v) is 3.25. The molecule has 1 unspecified atom stereocenters. The van der Waals surface area contributed by atoms with Gasteiger partial charge in [-0.3, -0.25) is 9.59 Å². The number of fused-ring (bicyclic) bond motifs is 1. The Kier molecular flexibility index (Phi) is 4.94. The molecule has 2 amide bonds. The minimum absolute atomic E-state index is 0.208. The summed E-state index contributed by atoms with van der Waals surface area (Å²) in [4.78, 5) is 35.7. The molecule has 0 saturated heterocycles. The van der Waals surface area contributed by atoms with Gasteiger partial charge in [0.15, 0.2) is 6.04 Å². The number of hydrogen-bond acceptors (Lipinski definition) is 3. The molecule has 0 aliphatic carbocycles. The Morgan fingerprint density at radius 3 is 2.41 bits per heavy atom. The third-order valence-corrected chi connectivity index (χ3v) is 4.43. The number of halogens is 1. The molecule has 0 saturated carbocycles. The van der Waals surface area contributed by atoms with E-state index in [1.54, 1.807) is 12.1 Å². The maximum absolute atomic E-state index is 14.4.